The average molecular weight is 511 g/mol. The molecule has 0 radical (unpaired) electrons. The van der Waals surface area contributed by atoms with Crippen molar-refractivity contribution in [1.82, 2.24) is 4.90 Å². The van der Waals surface area contributed by atoms with Crippen LogP contribution in [0.3, 0.4) is 0 Å². The van der Waals surface area contributed by atoms with Gasteiger partial charge in [-0.2, -0.15) is 0 Å². The van der Waals surface area contributed by atoms with E-state index >= 15 is 0 Å². The molecule has 0 fully saturated rings. The third-order valence-corrected chi connectivity index (χ3v) is 6.37. The van der Waals surface area contributed by atoms with Gasteiger partial charge in [0.1, 0.15) is 17.5 Å². The minimum Gasteiger partial charge on any atom is -0.485 e. The fourth-order valence-corrected chi connectivity index (χ4v) is 4.67. The number of anilines is 1. The van der Waals surface area contributed by atoms with E-state index in [1.165, 1.54) is 0 Å². The van der Waals surface area contributed by atoms with Gasteiger partial charge in [-0.05, 0) is 62.2 Å². The van der Waals surface area contributed by atoms with Crippen LogP contribution in [0.5, 0.6) is 5.75 Å². The number of hydrogen-bond acceptors (Lipinski definition) is 4. The van der Waals surface area contributed by atoms with Crippen LogP contribution in [0.25, 0.3) is 10.8 Å². The van der Waals surface area contributed by atoms with Gasteiger partial charge >= 0.3 is 6.09 Å². The molecular weight excluding hydrogens is 480 g/mol. The molecule has 0 N–H and O–H groups in total. The van der Waals surface area contributed by atoms with E-state index in [4.69, 9.17) is 9.47 Å². The number of likely N-dealkylation sites (N-methyl/N-ethyl adjacent to an activating group) is 1. The van der Waals surface area contributed by atoms with E-state index in [9.17, 15) is 4.79 Å². The van der Waals surface area contributed by atoms with Gasteiger partial charge in [-0.3, -0.25) is 4.90 Å². The maximum Gasteiger partial charge on any atom is 0.410 e. The zero-order chi connectivity index (χ0) is 23.8. The number of carbonyl (C=O) groups is 1. The van der Waals surface area contributed by atoms with Crippen molar-refractivity contribution in [2.45, 2.75) is 45.4 Å². The fourth-order valence-electron chi connectivity index (χ4n) is 4.32. The van der Waals surface area contributed by atoms with Gasteiger partial charge in [0.2, 0.25) is 0 Å². The molecule has 0 aromatic heterocycles. The summed E-state index contributed by atoms with van der Waals surface area (Å²) in [6.07, 6.45) is -0.524. The van der Waals surface area contributed by atoms with Crippen molar-refractivity contribution in [3.05, 3.63) is 70.7 Å². The Morgan fingerprint density at radius 1 is 1.18 bits per heavy atom. The maximum atomic E-state index is 13.4. The predicted octanol–water partition coefficient (Wildman–Crippen LogP) is 6.80. The minimum absolute atomic E-state index is 0.186. The van der Waals surface area contributed by atoms with Crippen LogP contribution in [0, 0.1) is 0 Å². The van der Waals surface area contributed by atoms with Gasteiger partial charge in [0, 0.05) is 11.5 Å². The van der Waals surface area contributed by atoms with Crippen molar-refractivity contribution in [1.29, 1.82) is 0 Å². The lowest BCUT2D eigenvalue weighted by Gasteiger charge is -2.39. The van der Waals surface area contributed by atoms with Crippen LogP contribution in [0.4, 0.5) is 10.5 Å². The first kappa shape index (κ1) is 23.4. The zero-order valence-corrected chi connectivity index (χ0v) is 21.4. The van der Waals surface area contributed by atoms with Crippen molar-refractivity contribution in [3.8, 4) is 5.75 Å². The summed E-state index contributed by atoms with van der Waals surface area (Å²) in [6.45, 7) is 8.83. The lowest BCUT2D eigenvalue weighted by atomic mass is 9.98. The highest BCUT2D eigenvalue weighted by molar-refractivity contribution is 9.10. The van der Waals surface area contributed by atoms with Crippen LogP contribution in [0.1, 0.15) is 39.3 Å². The van der Waals surface area contributed by atoms with E-state index in [0.717, 1.165) is 32.2 Å². The number of rotatable bonds is 4. The Morgan fingerprint density at radius 2 is 1.91 bits per heavy atom. The second kappa shape index (κ2) is 9.26. The molecule has 1 amide bonds. The van der Waals surface area contributed by atoms with Crippen molar-refractivity contribution >= 4 is 38.5 Å². The van der Waals surface area contributed by atoms with Crippen LogP contribution in [0.2, 0.25) is 0 Å². The molecule has 1 aliphatic rings. The van der Waals surface area contributed by atoms with Gasteiger partial charge in [0.05, 0.1) is 24.8 Å². The molecule has 6 heteroatoms. The molecule has 0 spiro atoms. The molecular formula is C27H31BrN2O3. The van der Waals surface area contributed by atoms with E-state index in [1.807, 2.05) is 58.2 Å². The summed E-state index contributed by atoms with van der Waals surface area (Å²) < 4.78 is 13.2. The minimum atomic E-state index is -0.586. The smallest absolute Gasteiger partial charge is 0.410 e. The highest BCUT2D eigenvalue weighted by Gasteiger charge is 2.33. The van der Waals surface area contributed by atoms with E-state index in [-0.39, 0.29) is 18.2 Å². The first-order chi connectivity index (χ1) is 15.6. The fraction of sp³-hybridized carbons (Fsp3) is 0.370. The summed E-state index contributed by atoms with van der Waals surface area (Å²) in [5, 5.41) is 2.29. The van der Waals surface area contributed by atoms with Crippen LogP contribution in [-0.2, 0) is 4.74 Å². The van der Waals surface area contributed by atoms with Gasteiger partial charge in [-0.1, -0.05) is 58.4 Å². The SMILES string of the molecule is C[C@H](c1cccc2ccccc12)N(CC1CN(C)c2cc(Br)ccc2O1)C(=O)OC(C)(C)C. The van der Waals surface area contributed by atoms with Crippen LogP contribution in [0.15, 0.2) is 65.1 Å². The van der Waals surface area contributed by atoms with Gasteiger partial charge in [0.25, 0.3) is 0 Å². The number of hydrogen-bond donors (Lipinski definition) is 0. The van der Waals surface area contributed by atoms with Crippen molar-refractivity contribution in [3.63, 3.8) is 0 Å². The number of nitrogens with zero attached hydrogens (tertiary/aromatic N) is 2. The summed E-state index contributed by atoms with van der Waals surface area (Å²) in [6, 6.07) is 20.3. The highest BCUT2D eigenvalue weighted by atomic mass is 79.9. The summed E-state index contributed by atoms with van der Waals surface area (Å²) in [5.41, 5.74) is 1.54. The molecule has 3 aromatic carbocycles. The third-order valence-electron chi connectivity index (χ3n) is 5.87. The molecule has 3 aromatic rings. The number of ether oxygens (including phenoxy) is 2. The number of amides is 1. The second-order valence-corrected chi connectivity index (χ2v) is 10.5. The summed E-state index contributed by atoms with van der Waals surface area (Å²) >= 11 is 3.53. The lowest BCUT2D eigenvalue weighted by Crippen LogP contribution is -2.48. The Morgan fingerprint density at radius 3 is 2.67 bits per heavy atom. The highest BCUT2D eigenvalue weighted by Crippen LogP contribution is 2.36. The number of halogens is 1. The summed E-state index contributed by atoms with van der Waals surface area (Å²) in [4.78, 5) is 17.4. The van der Waals surface area contributed by atoms with E-state index in [2.05, 4.69) is 58.1 Å². The Hall–Kier alpha value is -2.73. The maximum absolute atomic E-state index is 13.4. The number of benzene rings is 3. The van der Waals surface area contributed by atoms with Gasteiger partial charge in [0.15, 0.2) is 0 Å². The van der Waals surface area contributed by atoms with E-state index in [1.54, 1.807) is 4.90 Å². The molecule has 0 saturated heterocycles. The van der Waals surface area contributed by atoms with Crippen LogP contribution in [-0.4, -0.2) is 42.8 Å². The molecule has 33 heavy (non-hydrogen) atoms. The Kier molecular flexibility index (Phi) is 6.57. The Labute approximate surface area is 204 Å². The first-order valence-corrected chi connectivity index (χ1v) is 12.1. The van der Waals surface area contributed by atoms with E-state index < -0.39 is 5.60 Å². The lowest BCUT2D eigenvalue weighted by molar-refractivity contribution is 0.00801. The van der Waals surface area contributed by atoms with Gasteiger partial charge in [-0.15, -0.1) is 0 Å². The van der Waals surface area contributed by atoms with Crippen molar-refractivity contribution < 1.29 is 14.3 Å². The molecule has 2 atom stereocenters. The molecule has 4 rings (SSSR count). The van der Waals surface area contributed by atoms with Crippen LogP contribution >= 0.6 is 15.9 Å². The largest absolute Gasteiger partial charge is 0.485 e. The Bertz CT molecular complexity index is 1150. The van der Waals surface area contributed by atoms with Gasteiger partial charge in [-0.25, -0.2) is 4.79 Å². The second-order valence-electron chi connectivity index (χ2n) is 9.61. The molecule has 0 saturated carbocycles. The van der Waals surface area contributed by atoms with Crippen molar-refractivity contribution in [2.24, 2.45) is 0 Å². The number of carbonyl (C=O) groups excluding carboxylic acids is 1. The molecule has 1 unspecified atom stereocenters. The normalized spacial score (nSPS) is 16.7. The molecule has 174 valence electrons. The van der Waals surface area contributed by atoms with E-state index in [0.29, 0.717) is 13.1 Å². The monoisotopic (exact) mass is 510 g/mol. The molecule has 5 nitrogen and oxygen atoms in total. The quantitative estimate of drug-likeness (QED) is 0.387. The first-order valence-electron chi connectivity index (χ1n) is 11.3. The predicted molar refractivity (Wildman–Crippen MR) is 137 cm³/mol. The third kappa shape index (κ3) is 5.27. The summed E-state index contributed by atoms with van der Waals surface area (Å²) in [7, 11) is 2.05. The molecule has 0 aliphatic carbocycles. The topological polar surface area (TPSA) is 42.0 Å². The Balaban J connectivity index is 1.65. The molecule has 1 heterocycles. The average Bonchev–Trinajstić information content (AvgIpc) is 2.76. The van der Waals surface area contributed by atoms with Gasteiger partial charge < -0.3 is 14.4 Å². The zero-order valence-electron chi connectivity index (χ0n) is 19.8. The standard InChI is InChI=1S/C27H31BrN2O3/c1-18(22-12-8-10-19-9-6-7-11-23(19)22)30(26(31)33-27(2,3)4)17-21-16-29(5)24-15-20(28)13-14-25(24)32-21/h6-15,18,21H,16-17H2,1-5H3/t18-,21?/m1/s1. The molecule has 0 bridgehead atoms. The van der Waals surface area contributed by atoms with Crippen LogP contribution < -0.4 is 9.64 Å². The van der Waals surface area contributed by atoms with Crippen molar-refractivity contribution in [2.75, 3.05) is 25.0 Å². The number of fused-ring (bicyclic) bond motifs is 2. The summed E-state index contributed by atoms with van der Waals surface area (Å²) in [5.74, 6) is 0.818. The molecule has 1 aliphatic heterocycles.